The van der Waals surface area contributed by atoms with Crippen LogP contribution in [0.2, 0.25) is 0 Å². The molecule has 0 atom stereocenters. The van der Waals surface area contributed by atoms with E-state index in [1.165, 1.54) is 0 Å². The number of halogens is 1. The van der Waals surface area contributed by atoms with Gasteiger partial charge in [-0.1, -0.05) is 0 Å². The molecule has 0 aromatic carbocycles. The molecular formula is C6H12ClNO. The van der Waals surface area contributed by atoms with E-state index in [1.807, 2.05) is 0 Å². The van der Waals surface area contributed by atoms with Gasteiger partial charge in [-0.25, -0.2) is 0 Å². The summed E-state index contributed by atoms with van der Waals surface area (Å²) in [4.78, 5) is 0. The van der Waals surface area contributed by atoms with Gasteiger partial charge >= 0.3 is 0 Å². The molecule has 0 unspecified atom stereocenters. The zero-order chi connectivity index (χ0) is 5.61. The second kappa shape index (κ2) is 2.11. The molecule has 2 bridgehead atoms. The predicted octanol–water partition coefficient (Wildman–Crippen LogP) is 0.152. The van der Waals surface area contributed by atoms with Crippen molar-refractivity contribution in [1.82, 2.24) is 5.32 Å². The fraction of sp³-hybridized carbons (Fsp3) is 1.00. The minimum absolute atomic E-state index is 0. The second-order valence-electron chi connectivity index (χ2n) is 3.13. The molecule has 0 spiro atoms. The summed E-state index contributed by atoms with van der Waals surface area (Å²) in [5.74, 6) is 0.786. The molecule has 54 valence electrons. The van der Waals surface area contributed by atoms with Gasteiger partial charge in [0.25, 0.3) is 0 Å². The van der Waals surface area contributed by atoms with Crippen molar-refractivity contribution < 1.29 is 5.11 Å². The quantitative estimate of drug-likeness (QED) is 0.514. The fourth-order valence-corrected chi connectivity index (χ4v) is 1.81. The monoisotopic (exact) mass is 149 g/mol. The van der Waals surface area contributed by atoms with Gasteiger partial charge in [0.05, 0.1) is 5.60 Å². The zero-order valence-corrected chi connectivity index (χ0v) is 6.08. The summed E-state index contributed by atoms with van der Waals surface area (Å²) in [5, 5.41) is 12.6. The Morgan fingerprint density at radius 1 is 1.44 bits per heavy atom. The van der Waals surface area contributed by atoms with Gasteiger partial charge in [0.15, 0.2) is 0 Å². The standard InChI is InChI=1S/C6H11NO.ClH/c8-6-1-5(2-6)3-7-4-6;/h5,7-8H,1-4H2;1H. The van der Waals surface area contributed by atoms with Gasteiger partial charge < -0.3 is 10.4 Å². The molecule has 1 aliphatic carbocycles. The summed E-state index contributed by atoms with van der Waals surface area (Å²) in [5.41, 5.74) is -0.289. The van der Waals surface area contributed by atoms with Crippen molar-refractivity contribution in [2.45, 2.75) is 18.4 Å². The Labute approximate surface area is 61.0 Å². The van der Waals surface area contributed by atoms with Crippen molar-refractivity contribution in [2.75, 3.05) is 13.1 Å². The molecule has 9 heavy (non-hydrogen) atoms. The highest BCUT2D eigenvalue weighted by molar-refractivity contribution is 5.85. The number of rotatable bonds is 0. The second-order valence-corrected chi connectivity index (χ2v) is 3.13. The number of fused-ring (bicyclic) bond motifs is 2. The molecule has 1 saturated carbocycles. The first-order valence-electron chi connectivity index (χ1n) is 3.22. The summed E-state index contributed by atoms with van der Waals surface area (Å²) in [6.07, 6.45) is 2.08. The van der Waals surface area contributed by atoms with Crippen LogP contribution in [0.1, 0.15) is 12.8 Å². The van der Waals surface area contributed by atoms with Gasteiger partial charge in [-0.05, 0) is 25.3 Å². The molecule has 3 rings (SSSR count). The molecule has 2 N–H and O–H groups in total. The maximum atomic E-state index is 9.38. The summed E-state index contributed by atoms with van der Waals surface area (Å²) in [6.45, 7) is 1.95. The molecule has 0 aromatic heterocycles. The Morgan fingerprint density at radius 2 is 2.11 bits per heavy atom. The third-order valence-electron chi connectivity index (χ3n) is 2.22. The lowest BCUT2D eigenvalue weighted by Crippen LogP contribution is -2.59. The Hall–Kier alpha value is 0.210. The van der Waals surface area contributed by atoms with Crippen LogP contribution >= 0.6 is 12.4 Å². The molecule has 3 heteroatoms. The first kappa shape index (κ1) is 7.32. The largest absolute Gasteiger partial charge is 0.389 e. The molecule has 0 aromatic rings. The van der Waals surface area contributed by atoms with Crippen LogP contribution in [0, 0.1) is 5.92 Å². The topological polar surface area (TPSA) is 32.3 Å². The van der Waals surface area contributed by atoms with Gasteiger partial charge in [0.2, 0.25) is 0 Å². The molecule has 3 fully saturated rings. The van der Waals surface area contributed by atoms with Gasteiger partial charge in [-0.15, -0.1) is 12.4 Å². The van der Waals surface area contributed by atoms with Crippen LogP contribution in [-0.4, -0.2) is 23.8 Å². The predicted molar refractivity (Wildman–Crippen MR) is 37.8 cm³/mol. The third-order valence-corrected chi connectivity index (χ3v) is 2.22. The van der Waals surface area contributed by atoms with E-state index in [-0.39, 0.29) is 18.0 Å². The fourth-order valence-electron chi connectivity index (χ4n) is 1.81. The molecule has 2 saturated heterocycles. The Bertz CT molecular complexity index is 106. The Balaban J connectivity index is 0.000000405. The number of nitrogens with one attached hydrogen (secondary N) is 1. The van der Waals surface area contributed by atoms with Gasteiger partial charge in [0.1, 0.15) is 0 Å². The summed E-state index contributed by atoms with van der Waals surface area (Å²) in [6, 6.07) is 0. The molecule has 2 heterocycles. The van der Waals surface area contributed by atoms with Gasteiger partial charge in [-0.3, -0.25) is 0 Å². The van der Waals surface area contributed by atoms with Crippen molar-refractivity contribution in [2.24, 2.45) is 5.92 Å². The molecule has 2 aliphatic heterocycles. The van der Waals surface area contributed by atoms with Crippen LogP contribution < -0.4 is 5.32 Å². The normalized spacial score (nSPS) is 47.0. The maximum absolute atomic E-state index is 9.38. The van der Waals surface area contributed by atoms with E-state index in [0.29, 0.717) is 0 Å². The van der Waals surface area contributed by atoms with Crippen LogP contribution in [0.4, 0.5) is 0 Å². The molecular weight excluding hydrogens is 138 g/mol. The number of hydrogen-bond donors (Lipinski definition) is 2. The van der Waals surface area contributed by atoms with E-state index < -0.39 is 0 Å². The SMILES string of the molecule is Cl.OC12CNCC(C1)C2. The smallest absolute Gasteiger partial charge is 0.0777 e. The minimum Gasteiger partial charge on any atom is -0.389 e. The van der Waals surface area contributed by atoms with Crippen LogP contribution in [0.3, 0.4) is 0 Å². The third kappa shape index (κ3) is 1.07. The first-order valence-corrected chi connectivity index (χ1v) is 3.22. The van der Waals surface area contributed by atoms with Crippen molar-refractivity contribution in [1.29, 1.82) is 0 Å². The van der Waals surface area contributed by atoms with Crippen molar-refractivity contribution >= 4 is 12.4 Å². The Kier molecular flexibility index (Phi) is 1.72. The average molecular weight is 150 g/mol. The van der Waals surface area contributed by atoms with Crippen LogP contribution in [0.5, 0.6) is 0 Å². The van der Waals surface area contributed by atoms with E-state index in [4.69, 9.17) is 0 Å². The number of piperidine rings is 2. The minimum atomic E-state index is -0.289. The summed E-state index contributed by atoms with van der Waals surface area (Å²) in [7, 11) is 0. The van der Waals surface area contributed by atoms with Crippen LogP contribution in [-0.2, 0) is 0 Å². The lowest BCUT2D eigenvalue weighted by Gasteiger charge is -2.48. The summed E-state index contributed by atoms with van der Waals surface area (Å²) < 4.78 is 0. The van der Waals surface area contributed by atoms with Crippen molar-refractivity contribution in [3.05, 3.63) is 0 Å². The van der Waals surface area contributed by atoms with E-state index in [9.17, 15) is 5.11 Å². The molecule has 0 amide bonds. The molecule has 3 aliphatic rings. The first-order chi connectivity index (χ1) is 3.79. The van der Waals surface area contributed by atoms with E-state index >= 15 is 0 Å². The van der Waals surface area contributed by atoms with Crippen molar-refractivity contribution in [3.63, 3.8) is 0 Å². The number of aliphatic hydroxyl groups is 1. The van der Waals surface area contributed by atoms with E-state index in [2.05, 4.69) is 5.32 Å². The van der Waals surface area contributed by atoms with Crippen LogP contribution in [0.15, 0.2) is 0 Å². The van der Waals surface area contributed by atoms with Gasteiger partial charge in [-0.2, -0.15) is 0 Å². The number of hydrogen-bond acceptors (Lipinski definition) is 2. The zero-order valence-electron chi connectivity index (χ0n) is 5.26. The van der Waals surface area contributed by atoms with E-state index in [1.54, 1.807) is 0 Å². The van der Waals surface area contributed by atoms with Gasteiger partial charge in [0, 0.05) is 6.54 Å². The average Bonchev–Trinajstić information content (AvgIpc) is 1.63. The highest BCUT2D eigenvalue weighted by Gasteiger charge is 2.45. The highest BCUT2D eigenvalue weighted by atomic mass is 35.5. The van der Waals surface area contributed by atoms with Crippen LogP contribution in [0.25, 0.3) is 0 Å². The van der Waals surface area contributed by atoms with E-state index in [0.717, 1.165) is 31.8 Å². The lowest BCUT2D eigenvalue weighted by atomic mass is 9.68. The highest BCUT2D eigenvalue weighted by Crippen LogP contribution is 2.39. The van der Waals surface area contributed by atoms with Crippen molar-refractivity contribution in [3.8, 4) is 0 Å². The molecule has 0 radical (unpaired) electrons. The maximum Gasteiger partial charge on any atom is 0.0777 e. The molecule has 2 nitrogen and oxygen atoms in total. The summed E-state index contributed by atoms with van der Waals surface area (Å²) >= 11 is 0. The lowest BCUT2D eigenvalue weighted by molar-refractivity contribution is -0.0946. The Morgan fingerprint density at radius 3 is 2.33 bits per heavy atom.